The first-order valence-electron chi connectivity index (χ1n) is 5.15. The molecule has 84 valence electrons. The lowest BCUT2D eigenvalue weighted by Gasteiger charge is -2.01. The van der Waals surface area contributed by atoms with Gasteiger partial charge in [-0.3, -0.25) is 4.98 Å². The number of rotatable bonds is 4. The van der Waals surface area contributed by atoms with Gasteiger partial charge in [-0.25, -0.2) is 0 Å². The van der Waals surface area contributed by atoms with Crippen molar-refractivity contribution in [1.29, 1.82) is 0 Å². The van der Waals surface area contributed by atoms with Crippen molar-refractivity contribution in [1.82, 2.24) is 20.5 Å². The van der Waals surface area contributed by atoms with Gasteiger partial charge in [-0.05, 0) is 18.6 Å². The van der Waals surface area contributed by atoms with Crippen molar-refractivity contribution >= 4 is 0 Å². The summed E-state index contributed by atoms with van der Waals surface area (Å²) >= 11 is 0. The Hall–Kier alpha value is -1.75. The number of nitrogens with zero attached hydrogens (tertiary/aromatic N) is 3. The van der Waals surface area contributed by atoms with Crippen LogP contribution < -0.4 is 5.32 Å². The van der Waals surface area contributed by atoms with E-state index in [0.29, 0.717) is 18.3 Å². The van der Waals surface area contributed by atoms with Gasteiger partial charge in [0.15, 0.2) is 0 Å². The molecule has 1 N–H and O–H groups in total. The Labute approximate surface area is 93.9 Å². The van der Waals surface area contributed by atoms with Gasteiger partial charge in [0.1, 0.15) is 0 Å². The van der Waals surface area contributed by atoms with Crippen molar-refractivity contribution in [3.63, 3.8) is 0 Å². The number of hydrogen-bond donors (Lipinski definition) is 1. The van der Waals surface area contributed by atoms with E-state index in [1.165, 1.54) is 0 Å². The van der Waals surface area contributed by atoms with Crippen LogP contribution in [0.2, 0.25) is 0 Å². The second kappa shape index (κ2) is 4.85. The van der Waals surface area contributed by atoms with E-state index in [0.717, 1.165) is 17.8 Å². The number of aryl methyl sites for hydroxylation is 2. The zero-order valence-electron chi connectivity index (χ0n) is 9.40. The first-order chi connectivity index (χ1) is 7.74. The lowest BCUT2D eigenvalue weighted by Crippen LogP contribution is -2.13. The molecule has 0 saturated heterocycles. The molecule has 5 nitrogen and oxygen atoms in total. The molecule has 0 saturated carbocycles. The summed E-state index contributed by atoms with van der Waals surface area (Å²) in [6, 6.07) is 4.04. The second-order valence-electron chi connectivity index (χ2n) is 3.63. The van der Waals surface area contributed by atoms with Crippen LogP contribution in [0.5, 0.6) is 0 Å². The highest BCUT2D eigenvalue weighted by atomic mass is 16.4. The Morgan fingerprint density at radius 1 is 1.19 bits per heavy atom. The molecule has 2 aromatic heterocycles. The van der Waals surface area contributed by atoms with Gasteiger partial charge in [-0.1, -0.05) is 6.07 Å². The van der Waals surface area contributed by atoms with E-state index < -0.39 is 0 Å². The molecule has 0 aliphatic heterocycles. The van der Waals surface area contributed by atoms with Crippen LogP contribution >= 0.6 is 0 Å². The van der Waals surface area contributed by atoms with Crippen molar-refractivity contribution in [2.75, 3.05) is 0 Å². The Balaban J connectivity index is 1.82. The molecule has 0 unspecified atom stereocenters. The van der Waals surface area contributed by atoms with Crippen LogP contribution in [0.3, 0.4) is 0 Å². The minimum Gasteiger partial charge on any atom is -0.424 e. The lowest BCUT2D eigenvalue weighted by atomic mass is 10.2. The zero-order chi connectivity index (χ0) is 11.4. The third kappa shape index (κ3) is 2.87. The average molecular weight is 218 g/mol. The molecule has 2 heterocycles. The molecule has 0 aromatic carbocycles. The van der Waals surface area contributed by atoms with Crippen LogP contribution in [-0.2, 0) is 13.1 Å². The fraction of sp³-hybridized carbons (Fsp3) is 0.364. The molecule has 16 heavy (non-hydrogen) atoms. The van der Waals surface area contributed by atoms with Gasteiger partial charge >= 0.3 is 0 Å². The van der Waals surface area contributed by atoms with Crippen LogP contribution in [0.15, 0.2) is 22.7 Å². The number of aromatic nitrogens is 3. The smallest absolute Gasteiger partial charge is 0.230 e. The molecule has 5 heteroatoms. The molecule has 0 radical (unpaired) electrons. The van der Waals surface area contributed by atoms with Crippen LogP contribution in [-0.4, -0.2) is 15.2 Å². The average Bonchev–Trinajstić information content (AvgIpc) is 2.67. The van der Waals surface area contributed by atoms with Crippen molar-refractivity contribution in [3.8, 4) is 0 Å². The molecule has 2 rings (SSSR count). The molecular formula is C11H14N4O. The first kappa shape index (κ1) is 10.8. The largest absolute Gasteiger partial charge is 0.424 e. The number of hydrogen-bond acceptors (Lipinski definition) is 5. The highest BCUT2D eigenvalue weighted by molar-refractivity contribution is 5.12. The predicted octanol–water partition coefficient (Wildman–Crippen LogP) is 1.37. The van der Waals surface area contributed by atoms with Gasteiger partial charge < -0.3 is 9.73 Å². The van der Waals surface area contributed by atoms with Gasteiger partial charge in [-0.2, -0.15) is 0 Å². The Morgan fingerprint density at radius 3 is 2.69 bits per heavy atom. The third-order valence-electron chi connectivity index (χ3n) is 2.15. The maximum atomic E-state index is 5.24. The molecule has 0 bridgehead atoms. The van der Waals surface area contributed by atoms with Gasteiger partial charge in [0, 0.05) is 25.4 Å². The summed E-state index contributed by atoms with van der Waals surface area (Å²) in [5.74, 6) is 1.20. The maximum absolute atomic E-state index is 5.24. The Kier molecular flexibility index (Phi) is 3.26. The molecule has 0 fully saturated rings. The summed E-state index contributed by atoms with van der Waals surface area (Å²) in [7, 11) is 0. The molecule has 0 amide bonds. The molecule has 0 spiro atoms. The fourth-order valence-corrected chi connectivity index (χ4v) is 1.33. The minimum atomic E-state index is 0.578. The summed E-state index contributed by atoms with van der Waals surface area (Å²) in [6.07, 6.45) is 1.86. The van der Waals surface area contributed by atoms with Crippen LogP contribution in [0.1, 0.15) is 23.0 Å². The van der Waals surface area contributed by atoms with Crippen molar-refractivity contribution in [2.45, 2.75) is 26.9 Å². The first-order valence-corrected chi connectivity index (χ1v) is 5.15. The highest BCUT2D eigenvalue weighted by Gasteiger charge is 2.01. The van der Waals surface area contributed by atoms with E-state index in [1.807, 2.05) is 25.3 Å². The highest BCUT2D eigenvalue weighted by Crippen LogP contribution is 2.00. The number of nitrogens with one attached hydrogen (secondary N) is 1. The quantitative estimate of drug-likeness (QED) is 0.839. The monoisotopic (exact) mass is 218 g/mol. The van der Waals surface area contributed by atoms with Gasteiger partial charge in [-0.15, -0.1) is 10.2 Å². The third-order valence-corrected chi connectivity index (χ3v) is 2.15. The zero-order valence-corrected chi connectivity index (χ0v) is 9.40. The normalized spacial score (nSPS) is 10.6. The van der Waals surface area contributed by atoms with Crippen LogP contribution in [0.4, 0.5) is 0 Å². The summed E-state index contributed by atoms with van der Waals surface area (Å²) < 4.78 is 5.24. The lowest BCUT2D eigenvalue weighted by molar-refractivity contribution is 0.446. The fourth-order valence-electron chi connectivity index (χ4n) is 1.33. The summed E-state index contributed by atoms with van der Waals surface area (Å²) in [5, 5.41) is 10.9. The molecular weight excluding hydrogens is 204 g/mol. The number of pyridine rings is 1. The topological polar surface area (TPSA) is 63.8 Å². The summed E-state index contributed by atoms with van der Waals surface area (Å²) in [4.78, 5) is 4.22. The summed E-state index contributed by atoms with van der Waals surface area (Å²) in [5.41, 5.74) is 2.16. The van der Waals surface area contributed by atoms with Gasteiger partial charge in [0.2, 0.25) is 11.8 Å². The van der Waals surface area contributed by atoms with Crippen molar-refractivity contribution in [3.05, 3.63) is 41.4 Å². The van der Waals surface area contributed by atoms with Crippen LogP contribution in [0, 0.1) is 13.8 Å². The van der Waals surface area contributed by atoms with Crippen LogP contribution in [0.25, 0.3) is 0 Å². The predicted molar refractivity (Wildman–Crippen MR) is 58.6 cm³/mol. The standard InChI is InChI=1S/C11H14N4O/c1-8-3-4-10(6-13-8)5-12-7-11-15-14-9(2)16-11/h3-4,6,12H,5,7H2,1-2H3. The molecule has 0 atom stereocenters. The molecule has 0 aliphatic carbocycles. The van der Waals surface area contributed by atoms with Crippen molar-refractivity contribution < 1.29 is 4.42 Å². The SMILES string of the molecule is Cc1ccc(CNCc2nnc(C)o2)cn1. The molecule has 0 aliphatic rings. The van der Waals surface area contributed by atoms with E-state index in [1.54, 1.807) is 6.92 Å². The van der Waals surface area contributed by atoms with E-state index in [9.17, 15) is 0 Å². The van der Waals surface area contributed by atoms with E-state index in [-0.39, 0.29) is 0 Å². The van der Waals surface area contributed by atoms with E-state index in [2.05, 4.69) is 20.5 Å². The van der Waals surface area contributed by atoms with E-state index in [4.69, 9.17) is 4.42 Å². The molecule has 2 aromatic rings. The summed E-state index contributed by atoms with van der Waals surface area (Å²) in [6.45, 7) is 5.07. The Morgan fingerprint density at radius 2 is 2.06 bits per heavy atom. The maximum Gasteiger partial charge on any atom is 0.230 e. The second-order valence-corrected chi connectivity index (χ2v) is 3.63. The van der Waals surface area contributed by atoms with Gasteiger partial charge in [0.05, 0.1) is 6.54 Å². The van der Waals surface area contributed by atoms with Gasteiger partial charge in [0.25, 0.3) is 0 Å². The van der Waals surface area contributed by atoms with E-state index >= 15 is 0 Å². The minimum absolute atomic E-state index is 0.578. The van der Waals surface area contributed by atoms with Crippen molar-refractivity contribution in [2.24, 2.45) is 0 Å². The Bertz CT molecular complexity index is 449.